The number of benzene rings is 1. The first-order valence-electron chi connectivity index (χ1n) is 28.0. The van der Waals surface area contributed by atoms with Crippen LogP contribution in [0.4, 0.5) is 0 Å². The topological polar surface area (TPSA) is 244 Å². The highest BCUT2D eigenvalue weighted by atomic mass is 127. The smallest absolute Gasteiger partial charge is 0.345 e. The van der Waals surface area contributed by atoms with Crippen LogP contribution >= 0.6 is 35.6 Å². The number of hydrogen-bond donors (Lipinski definition) is 3. The molecule has 6 aliphatic rings. The molecule has 16 atom stereocenters. The first-order chi connectivity index (χ1) is 38.2. The molecule has 4 unspecified atom stereocenters. The predicted molar refractivity (Wildman–Crippen MR) is 312 cm³/mol. The van der Waals surface area contributed by atoms with Gasteiger partial charge in [0.15, 0.2) is 0 Å². The van der Waals surface area contributed by atoms with Gasteiger partial charge in [0.05, 0.1) is 37.1 Å². The predicted octanol–water partition coefficient (Wildman–Crippen LogP) is 10.9. The molecule has 4 saturated carbocycles. The first kappa shape index (κ1) is 60.9. The van der Waals surface area contributed by atoms with Gasteiger partial charge in [-0.25, -0.2) is 14.4 Å². The number of nitrogens with zero attached hydrogens (tertiary/aromatic N) is 2. The van der Waals surface area contributed by atoms with Crippen LogP contribution in [0, 0.1) is 57.2 Å². The second kappa shape index (κ2) is 22.4. The molecule has 0 bridgehead atoms. The number of hydrogen-bond acceptors (Lipinski definition) is 17. The summed E-state index contributed by atoms with van der Waals surface area (Å²) in [6, 6.07) is 16.7. The number of fused-ring (bicyclic) bond motifs is 8. The molecule has 3 N–H and O–H groups in total. The van der Waals surface area contributed by atoms with Crippen LogP contribution in [0.2, 0.25) is 5.02 Å². The van der Waals surface area contributed by atoms with E-state index < -0.39 is 86.3 Å². The van der Waals surface area contributed by atoms with Crippen LogP contribution in [-0.2, 0) is 23.8 Å². The molecule has 5 aromatic rings. The molecule has 17 nitrogen and oxygen atoms in total. The maximum absolute atomic E-state index is 13.6. The number of halogens is 2. The van der Waals surface area contributed by atoms with Crippen molar-refractivity contribution in [2.45, 2.75) is 143 Å². The van der Waals surface area contributed by atoms with E-state index in [0.717, 1.165) is 25.7 Å². The molecule has 4 aliphatic carbocycles. The average molecular weight is 1260 g/mol. The molecular weight excluding hydrogens is 1190 g/mol. The van der Waals surface area contributed by atoms with Gasteiger partial charge in [0.25, 0.3) is 0 Å². The fourth-order valence-electron chi connectivity index (χ4n) is 16.1. The molecule has 6 heterocycles. The molecule has 4 aromatic heterocycles. The Morgan fingerprint density at radius 3 is 1.57 bits per heavy atom. The van der Waals surface area contributed by atoms with Crippen molar-refractivity contribution in [1.29, 1.82) is 0 Å². The molecule has 1 aromatic carbocycles. The minimum Gasteiger partial charge on any atom is -0.484 e. The summed E-state index contributed by atoms with van der Waals surface area (Å²) in [5.41, 5.74) is -4.15. The standard InChI is InChI=1S/C35H38ClNO8.C28H35NO7.HI/c1-19-11-12-33(3)26(34(19,4)18-42-20(2)38)16-27(44-31(40)21-8-6-10-23(36)14-21)35(5)30(33)29(39)28-25(45-35)15-24(43-32(28)41)22-9-7-13-37-17-22;1-15-8-9-26(3)20(27(15,4)14-34-16(2)30)12-21(31)28(5)24(26)23(32)22-19(36-28)11-18(35-25(22)33)17-7-6-10-29-13-17;/h6-10,13-15,17,19,26-27,29-30,39H,11-12,16,18H2,1-5H3;6-7,10-11,13,15,20-21,23-24,31-32H,8-9,12,14H2,1-5H3;1H/t19-,26?,27-,29-,30?,33-,34-,35+;15-,20?,21-,23-,24?,26-,27-,28+;/m00./s1. The summed E-state index contributed by atoms with van der Waals surface area (Å²) in [6.45, 7) is 19.6. The first-order valence-corrected chi connectivity index (χ1v) is 28.4. The molecule has 0 spiro atoms. The summed E-state index contributed by atoms with van der Waals surface area (Å²) < 4.78 is 42.1. The molecular formula is C63H74ClIN2O15. The van der Waals surface area contributed by atoms with Gasteiger partial charge in [-0.3, -0.25) is 19.6 Å². The molecule has 0 radical (unpaired) electrons. The third-order valence-electron chi connectivity index (χ3n) is 20.7. The molecule has 11 rings (SSSR count). The molecule has 0 saturated heterocycles. The van der Waals surface area contributed by atoms with Gasteiger partial charge < -0.3 is 47.8 Å². The second-order valence-corrected chi connectivity index (χ2v) is 25.6. The fraction of sp³-hybridized carbons (Fsp3) is 0.540. The lowest BCUT2D eigenvalue weighted by Gasteiger charge is -2.66. The van der Waals surface area contributed by atoms with Crippen molar-refractivity contribution in [2.75, 3.05) is 13.2 Å². The Labute approximate surface area is 498 Å². The van der Waals surface area contributed by atoms with Gasteiger partial charge in [0, 0.05) is 89.6 Å². The molecule has 4 fully saturated rings. The van der Waals surface area contributed by atoms with Crippen molar-refractivity contribution in [3.05, 3.63) is 128 Å². The van der Waals surface area contributed by atoms with E-state index in [2.05, 4.69) is 51.5 Å². The van der Waals surface area contributed by atoms with E-state index >= 15 is 0 Å². The Morgan fingerprint density at radius 1 is 0.659 bits per heavy atom. The second-order valence-electron chi connectivity index (χ2n) is 25.2. The van der Waals surface area contributed by atoms with Gasteiger partial charge in [-0.2, -0.15) is 0 Å². The SMILES string of the molecule is CC(=O)OC[C@]1(C)C2C[C@H](O)[C@@]3(C)Oc4cc(-c5cccnc5)oc(=O)c4[C@H](O)C3[C@@]2(C)CC[C@@H]1C.CC(=O)OC[C@]1(C)C2C[C@H](OC(=O)c3cccc(Cl)c3)[C@@]3(C)Oc4cc(-c5cccnc5)oc(=O)c4[C@H](O)C3[C@@]2(C)CC[C@@H]1C.I. The Balaban J connectivity index is 0.000000200. The van der Waals surface area contributed by atoms with Crippen LogP contribution in [0.15, 0.2) is 104 Å². The molecule has 0 amide bonds. The van der Waals surface area contributed by atoms with Gasteiger partial charge in [0.1, 0.15) is 51.5 Å². The number of aromatic nitrogens is 2. The van der Waals surface area contributed by atoms with Gasteiger partial charge in [0.2, 0.25) is 0 Å². The zero-order valence-corrected chi connectivity index (χ0v) is 51.0. The Kier molecular flexibility index (Phi) is 16.6. The zero-order chi connectivity index (χ0) is 58.4. The zero-order valence-electron chi connectivity index (χ0n) is 47.9. The third-order valence-corrected chi connectivity index (χ3v) is 20.9. The number of carbonyl (C=O) groups is 3. The van der Waals surface area contributed by atoms with Crippen molar-refractivity contribution in [3.63, 3.8) is 0 Å². The maximum Gasteiger partial charge on any atom is 0.345 e. The summed E-state index contributed by atoms with van der Waals surface area (Å²) in [4.78, 5) is 72.3. The van der Waals surface area contributed by atoms with Crippen molar-refractivity contribution in [3.8, 4) is 34.1 Å². The number of aliphatic hydroxyl groups is 3. The Morgan fingerprint density at radius 2 is 1.12 bits per heavy atom. The van der Waals surface area contributed by atoms with Crippen molar-refractivity contribution < 1.29 is 62.2 Å². The van der Waals surface area contributed by atoms with Gasteiger partial charge >= 0.3 is 29.2 Å². The van der Waals surface area contributed by atoms with Crippen LogP contribution in [0.5, 0.6) is 11.5 Å². The highest BCUT2D eigenvalue weighted by Crippen LogP contribution is 2.70. The fourth-order valence-corrected chi connectivity index (χ4v) is 16.3. The lowest BCUT2D eigenvalue weighted by atomic mass is 9.41. The normalized spacial score (nSPS) is 35.6. The van der Waals surface area contributed by atoms with E-state index in [1.165, 1.54) is 13.8 Å². The number of pyridine rings is 2. The lowest BCUT2D eigenvalue weighted by Crippen LogP contribution is -2.70. The number of aliphatic hydroxyl groups excluding tert-OH is 3. The van der Waals surface area contributed by atoms with Crippen LogP contribution in [-0.4, -0.2) is 79.8 Å². The van der Waals surface area contributed by atoms with Crippen LogP contribution in [0.1, 0.15) is 141 Å². The van der Waals surface area contributed by atoms with E-state index in [0.29, 0.717) is 29.0 Å². The summed E-state index contributed by atoms with van der Waals surface area (Å²) in [6.07, 6.45) is 6.18. The summed E-state index contributed by atoms with van der Waals surface area (Å²) in [5, 5.41) is 36.0. The van der Waals surface area contributed by atoms with Gasteiger partial charge in [-0.15, -0.1) is 24.0 Å². The summed E-state index contributed by atoms with van der Waals surface area (Å²) >= 11 is 6.20. The molecule has 2 aliphatic heterocycles. The average Bonchev–Trinajstić information content (AvgIpc) is 0.881. The van der Waals surface area contributed by atoms with Gasteiger partial charge in [-0.1, -0.05) is 59.2 Å². The molecule has 440 valence electrons. The van der Waals surface area contributed by atoms with E-state index in [-0.39, 0.29) is 113 Å². The minimum atomic E-state index is -1.29. The molecule has 19 heteroatoms. The van der Waals surface area contributed by atoms with Gasteiger partial charge in [-0.05, 0) is 129 Å². The molecule has 82 heavy (non-hydrogen) atoms. The maximum atomic E-state index is 13.6. The third kappa shape index (κ3) is 10.2. The van der Waals surface area contributed by atoms with E-state index in [1.54, 1.807) is 85.5 Å². The number of ether oxygens (including phenoxy) is 5. The van der Waals surface area contributed by atoms with Crippen molar-refractivity contribution in [1.82, 2.24) is 9.97 Å². The van der Waals surface area contributed by atoms with Crippen LogP contribution in [0.25, 0.3) is 22.6 Å². The lowest BCUT2D eigenvalue weighted by molar-refractivity contribution is -0.257. The number of esters is 3. The Bertz CT molecular complexity index is 3360. The summed E-state index contributed by atoms with van der Waals surface area (Å²) in [5.74, 6) is -1.45. The van der Waals surface area contributed by atoms with E-state index in [1.807, 2.05) is 13.8 Å². The monoisotopic (exact) mass is 1260 g/mol. The number of rotatable bonds is 8. The quantitative estimate of drug-likeness (QED) is 0.0743. The van der Waals surface area contributed by atoms with E-state index in [4.69, 9.17) is 44.1 Å². The largest absolute Gasteiger partial charge is 0.484 e. The van der Waals surface area contributed by atoms with Crippen LogP contribution < -0.4 is 20.7 Å². The van der Waals surface area contributed by atoms with E-state index in [9.17, 15) is 39.3 Å². The van der Waals surface area contributed by atoms with Crippen molar-refractivity contribution >= 4 is 53.5 Å². The van der Waals surface area contributed by atoms with Crippen molar-refractivity contribution in [2.24, 2.45) is 57.2 Å². The van der Waals surface area contributed by atoms with Crippen LogP contribution in [0.3, 0.4) is 0 Å². The summed E-state index contributed by atoms with van der Waals surface area (Å²) in [7, 11) is 0. The minimum absolute atomic E-state index is 0. The highest BCUT2D eigenvalue weighted by Gasteiger charge is 2.71. The Hall–Kier alpha value is -5.67. The highest BCUT2D eigenvalue weighted by molar-refractivity contribution is 14.0. The number of carbonyl (C=O) groups excluding carboxylic acids is 3.